The lowest BCUT2D eigenvalue weighted by molar-refractivity contribution is 0.324. The van der Waals surface area contributed by atoms with Crippen molar-refractivity contribution in [2.45, 2.75) is 72.3 Å². The van der Waals surface area contributed by atoms with Crippen molar-refractivity contribution < 1.29 is 4.74 Å². The predicted molar refractivity (Wildman–Crippen MR) is 102 cm³/mol. The highest BCUT2D eigenvalue weighted by molar-refractivity contribution is 5.65. The molecule has 1 aromatic carbocycles. The maximum absolute atomic E-state index is 5.30. The van der Waals surface area contributed by atoms with E-state index in [0.717, 1.165) is 23.8 Å². The van der Waals surface area contributed by atoms with Gasteiger partial charge < -0.3 is 10.1 Å². The van der Waals surface area contributed by atoms with Crippen LogP contribution in [-0.2, 0) is 0 Å². The van der Waals surface area contributed by atoms with Gasteiger partial charge in [-0.3, -0.25) is 0 Å². The van der Waals surface area contributed by atoms with Crippen LogP contribution in [0, 0.1) is 12.8 Å². The Hall–Kier alpha value is -1.44. The van der Waals surface area contributed by atoms with Crippen LogP contribution in [0.5, 0.6) is 5.75 Å². The van der Waals surface area contributed by atoms with Crippen LogP contribution < -0.4 is 10.1 Å². The molecule has 2 atom stereocenters. The lowest BCUT2D eigenvalue weighted by Crippen LogP contribution is -2.34. The summed E-state index contributed by atoms with van der Waals surface area (Å²) in [4.78, 5) is 0. The van der Waals surface area contributed by atoms with Crippen LogP contribution in [-0.4, -0.2) is 13.2 Å². The van der Waals surface area contributed by atoms with E-state index in [-0.39, 0.29) is 0 Å². The minimum absolute atomic E-state index is 0.510. The van der Waals surface area contributed by atoms with Gasteiger partial charge in [-0.15, -0.1) is 0 Å². The summed E-state index contributed by atoms with van der Waals surface area (Å²) >= 11 is 0. The molecule has 2 unspecified atom stereocenters. The van der Waals surface area contributed by atoms with Gasteiger partial charge in [0, 0.05) is 17.3 Å². The van der Waals surface area contributed by atoms with E-state index in [1.165, 1.54) is 43.2 Å². The average Bonchev–Trinajstić information content (AvgIpc) is 2.56. The van der Waals surface area contributed by atoms with Gasteiger partial charge in [0.25, 0.3) is 0 Å². The van der Waals surface area contributed by atoms with Gasteiger partial charge in [0.15, 0.2) is 0 Å². The number of unbranched alkanes of at least 4 members (excludes halogenated alkanes) is 1. The van der Waals surface area contributed by atoms with Crippen molar-refractivity contribution in [3.8, 4) is 5.75 Å². The van der Waals surface area contributed by atoms with Gasteiger partial charge in [-0.05, 0) is 55.9 Å². The summed E-state index contributed by atoms with van der Waals surface area (Å²) in [7, 11) is 1.71. The number of aryl methyl sites for hydroxylation is 1. The molecule has 0 amide bonds. The smallest absolute Gasteiger partial charge is 0.119 e. The van der Waals surface area contributed by atoms with Crippen LogP contribution in [0.3, 0.4) is 0 Å². The van der Waals surface area contributed by atoms with E-state index in [2.05, 4.69) is 51.7 Å². The van der Waals surface area contributed by atoms with E-state index in [1.54, 1.807) is 7.11 Å². The summed E-state index contributed by atoms with van der Waals surface area (Å²) in [6, 6.07) is 6.70. The van der Waals surface area contributed by atoms with Crippen molar-refractivity contribution in [3.05, 3.63) is 35.9 Å². The number of methoxy groups -OCH3 is 1. The molecule has 23 heavy (non-hydrogen) atoms. The second-order valence-electron chi connectivity index (χ2n) is 6.51. The Balaban J connectivity index is 2.81. The molecule has 0 saturated carbocycles. The summed E-state index contributed by atoms with van der Waals surface area (Å²) in [6.07, 6.45) is 7.58. The average molecular weight is 318 g/mol. The van der Waals surface area contributed by atoms with Crippen molar-refractivity contribution >= 4 is 5.70 Å². The number of ether oxygens (including phenoxy) is 1. The molecule has 0 aromatic heterocycles. The Morgan fingerprint density at radius 3 is 2.43 bits per heavy atom. The Morgan fingerprint density at radius 1 is 1.17 bits per heavy atom. The predicted octanol–water partition coefficient (Wildman–Crippen LogP) is 5.95. The van der Waals surface area contributed by atoms with Crippen molar-refractivity contribution in [2.75, 3.05) is 7.11 Å². The standard InChI is InChI=1S/C21H35NO/c1-7-10-12-18(11-8-2)21(9-3)22-17(5)20-14-13-19(23-6)15-16(20)4/h13-15,18,21-22H,5,7-12H2,1-4,6H3. The fourth-order valence-corrected chi connectivity index (χ4v) is 3.34. The molecule has 1 rings (SSSR count). The van der Waals surface area contributed by atoms with Crippen LogP contribution >= 0.6 is 0 Å². The Morgan fingerprint density at radius 2 is 1.91 bits per heavy atom. The minimum atomic E-state index is 0.510. The number of hydrogen-bond acceptors (Lipinski definition) is 2. The molecule has 0 heterocycles. The van der Waals surface area contributed by atoms with Crippen LogP contribution in [0.15, 0.2) is 24.8 Å². The second-order valence-corrected chi connectivity index (χ2v) is 6.51. The molecule has 0 aliphatic rings. The van der Waals surface area contributed by atoms with E-state index >= 15 is 0 Å². The van der Waals surface area contributed by atoms with Gasteiger partial charge in [-0.2, -0.15) is 0 Å². The molecule has 2 nitrogen and oxygen atoms in total. The van der Waals surface area contributed by atoms with Crippen molar-refractivity contribution in [2.24, 2.45) is 5.92 Å². The largest absolute Gasteiger partial charge is 0.497 e. The highest BCUT2D eigenvalue weighted by Gasteiger charge is 2.19. The van der Waals surface area contributed by atoms with E-state index in [9.17, 15) is 0 Å². The Labute approximate surface area is 143 Å². The Bertz CT molecular complexity index is 481. The van der Waals surface area contributed by atoms with E-state index in [1.807, 2.05) is 6.07 Å². The molecule has 0 spiro atoms. The van der Waals surface area contributed by atoms with Crippen molar-refractivity contribution in [1.82, 2.24) is 5.32 Å². The lowest BCUT2D eigenvalue weighted by atomic mass is 9.87. The molecule has 0 fully saturated rings. The summed E-state index contributed by atoms with van der Waals surface area (Å²) in [6.45, 7) is 13.3. The van der Waals surface area contributed by atoms with Gasteiger partial charge in [0.2, 0.25) is 0 Å². The van der Waals surface area contributed by atoms with Gasteiger partial charge >= 0.3 is 0 Å². The molecular formula is C21H35NO. The normalized spacial score (nSPS) is 13.4. The molecule has 0 aliphatic heterocycles. The van der Waals surface area contributed by atoms with Crippen LogP contribution in [0.1, 0.15) is 70.4 Å². The quantitative estimate of drug-likeness (QED) is 0.544. The number of nitrogens with one attached hydrogen (secondary N) is 1. The van der Waals surface area contributed by atoms with Crippen LogP contribution in [0.25, 0.3) is 5.70 Å². The van der Waals surface area contributed by atoms with Crippen molar-refractivity contribution in [3.63, 3.8) is 0 Å². The molecule has 2 heteroatoms. The van der Waals surface area contributed by atoms with Crippen LogP contribution in [0.4, 0.5) is 0 Å². The second kappa shape index (κ2) is 10.4. The van der Waals surface area contributed by atoms with Gasteiger partial charge in [-0.1, -0.05) is 46.6 Å². The minimum Gasteiger partial charge on any atom is -0.497 e. The van der Waals surface area contributed by atoms with E-state index in [4.69, 9.17) is 4.74 Å². The van der Waals surface area contributed by atoms with Gasteiger partial charge in [0.05, 0.1) is 7.11 Å². The maximum Gasteiger partial charge on any atom is 0.119 e. The first-order chi connectivity index (χ1) is 11.1. The maximum atomic E-state index is 5.30. The molecule has 0 aliphatic carbocycles. The molecule has 1 N–H and O–H groups in total. The molecule has 0 bridgehead atoms. The summed E-state index contributed by atoms with van der Waals surface area (Å²) < 4.78 is 5.30. The Kier molecular flexibility index (Phi) is 8.83. The first kappa shape index (κ1) is 19.6. The van der Waals surface area contributed by atoms with Crippen molar-refractivity contribution in [1.29, 1.82) is 0 Å². The van der Waals surface area contributed by atoms with E-state index in [0.29, 0.717) is 6.04 Å². The van der Waals surface area contributed by atoms with Crippen LogP contribution in [0.2, 0.25) is 0 Å². The first-order valence-electron chi connectivity index (χ1n) is 9.17. The third kappa shape index (κ3) is 5.93. The highest BCUT2D eigenvalue weighted by atomic mass is 16.5. The molecule has 0 saturated heterocycles. The summed E-state index contributed by atoms with van der Waals surface area (Å²) in [5, 5.41) is 3.72. The van der Waals surface area contributed by atoms with E-state index < -0.39 is 0 Å². The number of benzene rings is 1. The molecule has 0 radical (unpaired) electrons. The van der Waals surface area contributed by atoms with Gasteiger partial charge in [-0.25, -0.2) is 0 Å². The summed E-state index contributed by atoms with van der Waals surface area (Å²) in [5.74, 6) is 1.64. The monoisotopic (exact) mass is 317 g/mol. The zero-order chi connectivity index (χ0) is 17.2. The summed E-state index contributed by atoms with van der Waals surface area (Å²) in [5.41, 5.74) is 3.43. The third-order valence-corrected chi connectivity index (χ3v) is 4.72. The number of rotatable bonds is 11. The molecule has 1 aromatic rings. The zero-order valence-corrected chi connectivity index (χ0v) is 15.7. The molecular weight excluding hydrogens is 282 g/mol. The topological polar surface area (TPSA) is 21.3 Å². The van der Waals surface area contributed by atoms with Gasteiger partial charge in [0.1, 0.15) is 5.75 Å². The SMILES string of the molecule is C=C(NC(CC)C(CCC)CCCC)c1ccc(OC)cc1C. The first-order valence-corrected chi connectivity index (χ1v) is 9.17. The zero-order valence-electron chi connectivity index (χ0n) is 15.7. The number of hydrogen-bond donors (Lipinski definition) is 1. The lowest BCUT2D eigenvalue weighted by Gasteiger charge is -2.29. The fourth-order valence-electron chi connectivity index (χ4n) is 3.34. The fraction of sp³-hybridized carbons (Fsp3) is 0.619. The highest BCUT2D eigenvalue weighted by Crippen LogP contribution is 2.25. The molecule has 130 valence electrons. The third-order valence-electron chi connectivity index (χ3n) is 4.72.